The quantitative estimate of drug-likeness (QED) is 0.765. The Kier molecular flexibility index (Phi) is 4.31. The predicted molar refractivity (Wildman–Crippen MR) is 87.6 cm³/mol. The van der Waals surface area contributed by atoms with Crippen molar-refractivity contribution in [3.05, 3.63) is 76.6 Å². The van der Waals surface area contributed by atoms with Crippen molar-refractivity contribution in [2.24, 2.45) is 0 Å². The fraction of sp³-hybridized carbons (Fsp3) is 0.0588. The van der Waals surface area contributed by atoms with Crippen LogP contribution in [0.3, 0.4) is 0 Å². The molecule has 1 aromatic heterocycles. The van der Waals surface area contributed by atoms with Gasteiger partial charge in [-0.05, 0) is 31.2 Å². The molecule has 7 heteroatoms. The summed E-state index contributed by atoms with van der Waals surface area (Å²) in [6.45, 7) is 1.63. The zero-order valence-corrected chi connectivity index (χ0v) is 13.3. The summed E-state index contributed by atoms with van der Waals surface area (Å²) in [4.78, 5) is 12.4. The highest BCUT2D eigenvalue weighted by molar-refractivity contribution is 6.31. The molecule has 0 spiro atoms. The lowest BCUT2D eigenvalue weighted by molar-refractivity contribution is 0.102. The molecule has 3 aromatic rings. The third-order valence-electron chi connectivity index (χ3n) is 3.53. The van der Waals surface area contributed by atoms with Crippen LogP contribution >= 0.6 is 11.6 Å². The van der Waals surface area contributed by atoms with Crippen molar-refractivity contribution in [2.75, 3.05) is 5.32 Å². The van der Waals surface area contributed by atoms with Gasteiger partial charge in [0.25, 0.3) is 5.91 Å². The van der Waals surface area contributed by atoms with Crippen LogP contribution in [0, 0.1) is 18.6 Å². The molecule has 0 saturated heterocycles. The van der Waals surface area contributed by atoms with E-state index in [1.54, 1.807) is 25.1 Å². The highest BCUT2D eigenvalue weighted by atomic mass is 35.5. The zero-order chi connectivity index (χ0) is 17.3. The molecular weight excluding hydrogens is 336 g/mol. The van der Waals surface area contributed by atoms with Crippen LogP contribution in [-0.2, 0) is 0 Å². The highest BCUT2D eigenvalue weighted by Gasteiger charge is 2.18. The van der Waals surface area contributed by atoms with E-state index in [4.69, 9.17) is 11.6 Å². The molecule has 0 atom stereocenters. The number of anilines is 1. The van der Waals surface area contributed by atoms with Crippen LogP contribution in [0.4, 0.5) is 14.5 Å². The Balaban J connectivity index is 1.92. The summed E-state index contributed by atoms with van der Waals surface area (Å²) in [5.41, 5.74) is 0.825. The summed E-state index contributed by atoms with van der Waals surface area (Å²) in [6, 6.07) is 10.4. The van der Waals surface area contributed by atoms with Gasteiger partial charge in [-0.2, -0.15) is 5.10 Å². The molecule has 3 rings (SSSR count). The minimum Gasteiger partial charge on any atom is -0.319 e. The highest BCUT2D eigenvalue weighted by Crippen LogP contribution is 2.23. The van der Waals surface area contributed by atoms with Gasteiger partial charge in [0, 0.05) is 0 Å². The van der Waals surface area contributed by atoms with Crippen LogP contribution in [0.25, 0.3) is 5.69 Å². The topological polar surface area (TPSA) is 46.9 Å². The summed E-state index contributed by atoms with van der Waals surface area (Å²) >= 11 is 5.69. The Morgan fingerprint density at radius 1 is 1.17 bits per heavy atom. The number of carbonyl (C=O) groups is 1. The largest absolute Gasteiger partial charge is 0.319 e. The number of carbonyl (C=O) groups excluding carboxylic acids is 1. The molecule has 0 saturated carbocycles. The lowest BCUT2D eigenvalue weighted by atomic mass is 10.2. The van der Waals surface area contributed by atoms with E-state index in [0.717, 1.165) is 0 Å². The molecule has 0 aliphatic heterocycles. The van der Waals surface area contributed by atoms with Gasteiger partial charge in [0.2, 0.25) is 0 Å². The smallest absolute Gasteiger partial charge is 0.259 e. The minimum absolute atomic E-state index is 0.0365. The predicted octanol–water partition coefficient (Wildman–Crippen LogP) is 4.36. The second-order valence-corrected chi connectivity index (χ2v) is 5.47. The number of halogens is 3. The first-order chi connectivity index (χ1) is 11.5. The van der Waals surface area contributed by atoms with Crippen molar-refractivity contribution < 1.29 is 13.6 Å². The van der Waals surface area contributed by atoms with Gasteiger partial charge in [0.05, 0.1) is 28.2 Å². The molecule has 0 aliphatic carbocycles. The van der Waals surface area contributed by atoms with Gasteiger partial charge in [0.15, 0.2) is 5.82 Å². The van der Waals surface area contributed by atoms with Crippen molar-refractivity contribution in [3.63, 3.8) is 0 Å². The molecule has 0 bridgehead atoms. The van der Waals surface area contributed by atoms with Crippen molar-refractivity contribution >= 4 is 23.2 Å². The Morgan fingerprint density at radius 3 is 2.67 bits per heavy atom. The number of benzene rings is 2. The second kappa shape index (κ2) is 6.41. The number of nitrogens with one attached hydrogen (secondary N) is 1. The fourth-order valence-corrected chi connectivity index (χ4v) is 2.46. The van der Waals surface area contributed by atoms with Gasteiger partial charge in [-0.3, -0.25) is 4.79 Å². The number of hydrogen-bond acceptors (Lipinski definition) is 2. The standard InChI is InChI=1S/C17H12ClF2N3O/c1-10-11(9-21-23(10)15-8-3-2-6-13(15)19)17(24)22-14-7-4-5-12(18)16(14)20/h2-9H,1H3,(H,22,24). The summed E-state index contributed by atoms with van der Waals surface area (Å²) in [7, 11) is 0. The van der Waals surface area contributed by atoms with E-state index in [2.05, 4.69) is 10.4 Å². The van der Waals surface area contributed by atoms with Crippen LogP contribution in [-0.4, -0.2) is 15.7 Å². The van der Waals surface area contributed by atoms with Crippen LogP contribution < -0.4 is 5.32 Å². The Labute approximate surface area is 141 Å². The maximum atomic E-state index is 13.9. The third-order valence-corrected chi connectivity index (χ3v) is 3.83. The molecule has 122 valence electrons. The van der Waals surface area contributed by atoms with Crippen molar-refractivity contribution in [3.8, 4) is 5.69 Å². The molecular formula is C17H12ClF2N3O. The van der Waals surface area contributed by atoms with Crippen LogP contribution in [0.2, 0.25) is 5.02 Å². The van der Waals surface area contributed by atoms with E-state index in [1.165, 1.54) is 35.1 Å². The minimum atomic E-state index is -0.716. The Bertz CT molecular complexity index is 924. The zero-order valence-electron chi connectivity index (χ0n) is 12.6. The SMILES string of the molecule is Cc1c(C(=O)Nc2cccc(Cl)c2F)cnn1-c1ccccc1F. The lowest BCUT2D eigenvalue weighted by Gasteiger charge is -2.08. The second-order valence-electron chi connectivity index (χ2n) is 5.06. The van der Waals surface area contributed by atoms with Gasteiger partial charge in [0.1, 0.15) is 11.5 Å². The average Bonchev–Trinajstić information content (AvgIpc) is 2.94. The molecule has 4 nitrogen and oxygen atoms in total. The Hall–Kier alpha value is -2.73. The van der Waals surface area contributed by atoms with E-state index in [-0.39, 0.29) is 22.0 Å². The van der Waals surface area contributed by atoms with Gasteiger partial charge in [-0.1, -0.05) is 29.8 Å². The fourth-order valence-electron chi connectivity index (χ4n) is 2.29. The summed E-state index contributed by atoms with van der Waals surface area (Å²) < 4.78 is 29.1. The van der Waals surface area contributed by atoms with Gasteiger partial charge in [-0.25, -0.2) is 13.5 Å². The van der Waals surface area contributed by atoms with Crippen LogP contribution in [0.15, 0.2) is 48.7 Å². The van der Waals surface area contributed by atoms with E-state index in [1.807, 2.05) is 0 Å². The van der Waals surface area contributed by atoms with Gasteiger partial charge < -0.3 is 5.32 Å². The normalized spacial score (nSPS) is 10.7. The first-order valence-electron chi connectivity index (χ1n) is 7.04. The number of para-hydroxylation sites is 1. The van der Waals surface area contributed by atoms with E-state index < -0.39 is 17.5 Å². The van der Waals surface area contributed by atoms with Crippen LogP contribution in [0.1, 0.15) is 16.1 Å². The molecule has 1 amide bonds. The van der Waals surface area contributed by atoms with E-state index in [0.29, 0.717) is 5.69 Å². The number of nitrogens with zero attached hydrogens (tertiary/aromatic N) is 2. The van der Waals surface area contributed by atoms with Crippen LogP contribution in [0.5, 0.6) is 0 Å². The molecule has 0 aliphatic rings. The first-order valence-corrected chi connectivity index (χ1v) is 7.41. The van der Waals surface area contributed by atoms with Crippen molar-refractivity contribution in [2.45, 2.75) is 6.92 Å². The molecule has 2 aromatic carbocycles. The number of rotatable bonds is 3. The van der Waals surface area contributed by atoms with Crippen molar-refractivity contribution in [1.82, 2.24) is 9.78 Å². The number of aromatic nitrogens is 2. The van der Waals surface area contributed by atoms with E-state index in [9.17, 15) is 13.6 Å². The van der Waals surface area contributed by atoms with Crippen molar-refractivity contribution in [1.29, 1.82) is 0 Å². The Morgan fingerprint density at radius 2 is 1.92 bits per heavy atom. The van der Waals surface area contributed by atoms with Gasteiger partial charge >= 0.3 is 0 Å². The first kappa shape index (κ1) is 16.1. The van der Waals surface area contributed by atoms with E-state index >= 15 is 0 Å². The maximum Gasteiger partial charge on any atom is 0.259 e. The average molecular weight is 348 g/mol. The monoisotopic (exact) mass is 347 g/mol. The molecule has 0 radical (unpaired) electrons. The molecule has 0 unspecified atom stereocenters. The number of hydrogen-bond donors (Lipinski definition) is 1. The summed E-state index contributed by atoms with van der Waals surface area (Å²) in [5, 5.41) is 6.40. The summed E-state index contributed by atoms with van der Waals surface area (Å²) in [5.74, 6) is -1.74. The molecule has 1 heterocycles. The molecule has 24 heavy (non-hydrogen) atoms. The number of amides is 1. The van der Waals surface area contributed by atoms with Gasteiger partial charge in [-0.15, -0.1) is 0 Å². The lowest BCUT2D eigenvalue weighted by Crippen LogP contribution is -2.14. The summed E-state index contributed by atoms with van der Waals surface area (Å²) in [6.07, 6.45) is 1.31. The molecule has 1 N–H and O–H groups in total. The molecule has 0 fully saturated rings. The maximum absolute atomic E-state index is 13.9. The third kappa shape index (κ3) is 2.88.